The summed E-state index contributed by atoms with van der Waals surface area (Å²) in [5.41, 5.74) is 0. The highest BCUT2D eigenvalue weighted by atomic mass is 16.6. The SMILES string of the molecule is O=[N+]([O-])c1ccc(Oc2ccccc2)cn1. The second-order valence-electron chi connectivity index (χ2n) is 3.02. The van der Waals surface area contributed by atoms with Crippen LogP contribution in [-0.4, -0.2) is 9.91 Å². The maximum absolute atomic E-state index is 10.4. The van der Waals surface area contributed by atoms with Crippen molar-refractivity contribution in [3.05, 3.63) is 58.8 Å². The Balaban J connectivity index is 2.14. The van der Waals surface area contributed by atoms with E-state index in [1.54, 1.807) is 12.1 Å². The van der Waals surface area contributed by atoms with E-state index in [1.807, 2.05) is 18.2 Å². The van der Waals surface area contributed by atoms with Crippen LogP contribution in [0.15, 0.2) is 48.7 Å². The molecule has 2 rings (SSSR count). The molecule has 0 saturated carbocycles. The molecule has 0 aliphatic heterocycles. The number of pyridine rings is 1. The molecule has 0 radical (unpaired) electrons. The summed E-state index contributed by atoms with van der Waals surface area (Å²) in [5.74, 6) is 0.940. The highest BCUT2D eigenvalue weighted by Gasteiger charge is 2.06. The number of nitrogens with zero attached hydrogens (tertiary/aromatic N) is 2. The fourth-order valence-electron chi connectivity index (χ4n) is 1.17. The number of rotatable bonds is 3. The molecule has 0 atom stereocenters. The quantitative estimate of drug-likeness (QED) is 0.584. The van der Waals surface area contributed by atoms with Crippen LogP contribution < -0.4 is 4.74 Å². The molecule has 0 fully saturated rings. The molecular formula is C11H8N2O3. The van der Waals surface area contributed by atoms with Gasteiger partial charge in [0.05, 0.1) is 0 Å². The topological polar surface area (TPSA) is 65.3 Å². The van der Waals surface area contributed by atoms with Gasteiger partial charge in [0, 0.05) is 6.07 Å². The van der Waals surface area contributed by atoms with Gasteiger partial charge in [0.1, 0.15) is 5.75 Å². The summed E-state index contributed by atoms with van der Waals surface area (Å²) in [7, 11) is 0. The molecular weight excluding hydrogens is 208 g/mol. The van der Waals surface area contributed by atoms with E-state index in [4.69, 9.17) is 4.74 Å². The van der Waals surface area contributed by atoms with E-state index in [0.29, 0.717) is 11.5 Å². The summed E-state index contributed by atoms with van der Waals surface area (Å²) in [6.45, 7) is 0. The lowest BCUT2D eigenvalue weighted by molar-refractivity contribution is -0.389. The number of para-hydroxylation sites is 1. The molecule has 16 heavy (non-hydrogen) atoms. The predicted octanol–water partition coefficient (Wildman–Crippen LogP) is 2.78. The van der Waals surface area contributed by atoms with Gasteiger partial charge in [-0.15, -0.1) is 0 Å². The fraction of sp³-hybridized carbons (Fsp3) is 0. The summed E-state index contributed by atoms with van der Waals surface area (Å²) < 4.78 is 5.43. The number of hydrogen-bond donors (Lipinski definition) is 0. The van der Waals surface area contributed by atoms with Crippen LogP contribution in [0.2, 0.25) is 0 Å². The largest absolute Gasteiger partial charge is 0.453 e. The molecule has 5 nitrogen and oxygen atoms in total. The van der Waals surface area contributed by atoms with Gasteiger partial charge >= 0.3 is 5.82 Å². The molecule has 5 heteroatoms. The van der Waals surface area contributed by atoms with Gasteiger partial charge in [-0.3, -0.25) is 0 Å². The van der Waals surface area contributed by atoms with Crippen molar-refractivity contribution >= 4 is 5.82 Å². The molecule has 0 aliphatic carbocycles. The van der Waals surface area contributed by atoms with E-state index >= 15 is 0 Å². The zero-order valence-electron chi connectivity index (χ0n) is 8.24. The zero-order valence-corrected chi connectivity index (χ0v) is 8.24. The van der Waals surface area contributed by atoms with E-state index in [-0.39, 0.29) is 5.82 Å². The standard InChI is InChI=1S/C11H8N2O3/c14-13(15)11-7-6-10(8-12-11)16-9-4-2-1-3-5-9/h1-8H. The number of benzene rings is 1. The van der Waals surface area contributed by atoms with E-state index in [0.717, 1.165) is 0 Å². The Morgan fingerprint density at radius 1 is 1.06 bits per heavy atom. The van der Waals surface area contributed by atoms with Crippen LogP contribution in [0.4, 0.5) is 5.82 Å². The fourth-order valence-corrected chi connectivity index (χ4v) is 1.17. The Kier molecular flexibility index (Phi) is 2.77. The van der Waals surface area contributed by atoms with Crippen LogP contribution in [0.25, 0.3) is 0 Å². The summed E-state index contributed by atoms with van der Waals surface area (Å²) in [6.07, 6.45) is 1.32. The third-order valence-electron chi connectivity index (χ3n) is 1.89. The molecule has 80 valence electrons. The van der Waals surface area contributed by atoms with E-state index < -0.39 is 4.92 Å². The van der Waals surface area contributed by atoms with E-state index in [9.17, 15) is 10.1 Å². The number of nitro groups is 1. The monoisotopic (exact) mass is 216 g/mol. The van der Waals surface area contributed by atoms with Crippen LogP contribution in [0.3, 0.4) is 0 Å². The summed E-state index contributed by atoms with van der Waals surface area (Å²) in [6, 6.07) is 12.0. The molecule has 1 aromatic carbocycles. The second-order valence-corrected chi connectivity index (χ2v) is 3.02. The first-order valence-electron chi connectivity index (χ1n) is 4.59. The van der Waals surface area contributed by atoms with Crippen LogP contribution in [0, 0.1) is 10.1 Å². The maximum Gasteiger partial charge on any atom is 0.363 e. The van der Waals surface area contributed by atoms with Gasteiger partial charge in [-0.05, 0) is 28.1 Å². The normalized spacial score (nSPS) is 9.75. The molecule has 1 heterocycles. The maximum atomic E-state index is 10.4. The average molecular weight is 216 g/mol. The van der Waals surface area contributed by atoms with Crippen LogP contribution in [0.1, 0.15) is 0 Å². The number of hydrogen-bond acceptors (Lipinski definition) is 4. The molecule has 0 saturated heterocycles. The van der Waals surface area contributed by atoms with Gasteiger partial charge in [-0.2, -0.15) is 0 Å². The highest BCUT2D eigenvalue weighted by Crippen LogP contribution is 2.21. The molecule has 0 unspecified atom stereocenters. The van der Waals surface area contributed by atoms with Gasteiger partial charge in [0.15, 0.2) is 11.9 Å². The first-order valence-corrected chi connectivity index (χ1v) is 4.59. The summed E-state index contributed by atoms with van der Waals surface area (Å²) in [5, 5.41) is 10.4. The second kappa shape index (κ2) is 4.39. The average Bonchev–Trinajstić information content (AvgIpc) is 2.31. The Morgan fingerprint density at radius 2 is 1.81 bits per heavy atom. The van der Waals surface area contributed by atoms with Gasteiger partial charge < -0.3 is 14.9 Å². The molecule has 0 amide bonds. The minimum Gasteiger partial charge on any atom is -0.453 e. The van der Waals surface area contributed by atoms with Crippen molar-refractivity contribution in [2.75, 3.05) is 0 Å². The first kappa shape index (κ1) is 10.1. The molecule has 0 spiro atoms. The van der Waals surface area contributed by atoms with E-state index in [2.05, 4.69) is 4.98 Å². The van der Waals surface area contributed by atoms with Crippen molar-refractivity contribution < 1.29 is 9.66 Å². The Hall–Kier alpha value is -2.43. The van der Waals surface area contributed by atoms with Crippen molar-refractivity contribution in [2.24, 2.45) is 0 Å². The molecule has 1 aromatic heterocycles. The van der Waals surface area contributed by atoms with Gasteiger partial charge in [-0.25, -0.2) is 0 Å². The molecule has 2 aromatic rings. The Bertz CT molecular complexity index is 482. The summed E-state index contributed by atoms with van der Waals surface area (Å²) in [4.78, 5) is 13.5. The number of aromatic nitrogens is 1. The van der Waals surface area contributed by atoms with E-state index in [1.165, 1.54) is 18.3 Å². The predicted molar refractivity (Wildman–Crippen MR) is 57.4 cm³/mol. The lowest BCUT2D eigenvalue weighted by Crippen LogP contribution is -1.91. The van der Waals surface area contributed by atoms with Crippen molar-refractivity contribution in [1.29, 1.82) is 0 Å². The highest BCUT2D eigenvalue weighted by molar-refractivity contribution is 5.32. The van der Waals surface area contributed by atoms with Crippen molar-refractivity contribution in [3.63, 3.8) is 0 Å². The lowest BCUT2D eigenvalue weighted by atomic mass is 10.3. The van der Waals surface area contributed by atoms with Gasteiger partial charge in [0.2, 0.25) is 0 Å². The Morgan fingerprint density at radius 3 is 2.38 bits per heavy atom. The van der Waals surface area contributed by atoms with Crippen LogP contribution in [0.5, 0.6) is 11.5 Å². The smallest absolute Gasteiger partial charge is 0.363 e. The van der Waals surface area contributed by atoms with Crippen LogP contribution >= 0.6 is 0 Å². The lowest BCUT2D eigenvalue weighted by Gasteiger charge is -2.02. The Labute approximate surface area is 91.5 Å². The zero-order chi connectivity index (χ0) is 11.4. The van der Waals surface area contributed by atoms with Crippen molar-refractivity contribution in [3.8, 4) is 11.5 Å². The summed E-state index contributed by atoms with van der Waals surface area (Å²) >= 11 is 0. The number of ether oxygens (including phenoxy) is 1. The molecule has 0 N–H and O–H groups in total. The first-order chi connectivity index (χ1) is 7.75. The molecule has 0 bridgehead atoms. The molecule has 0 aliphatic rings. The van der Waals surface area contributed by atoms with Crippen LogP contribution in [-0.2, 0) is 0 Å². The minimum atomic E-state index is -0.549. The van der Waals surface area contributed by atoms with Gasteiger partial charge in [-0.1, -0.05) is 18.2 Å². The van der Waals surface area contributed by atoms with Crippen molar-refractivity contribution in [2.45, 2.75) is 0 Å². The third-order valence-corrected chi connectivity index (χ3v) is 1.89. The van der Waals surface area contributed by atoms with Gasteiger partial charge in [0.25, 0.3) is 0 Å². The minimum absolute atomic E-state index is 0.194. The van der Waals surface area contributed by atoms with Crippen molar-refractivity contribution in [1.82, 2.24) is 4.98 Å². The third kappa shape index (κ3) is 2.33.